The molecule has 0 aliphatic carbocycles. The van der Waals surface area contributed by atoms with Crippen LogP contribution in [0.3, 0.4) is 0 Å². The van der Waals surface area contributed by atoms with Crippen LogP contribution in [0.25, 0.3) is 56.2 Å². The maximum Gasteiger partial charge on any atom is 0.184 e. The zero-order valence-corrected chi connectivity index (χ0v) is 50.7. The van der Waals surface area contributed by atoms with Gasteiger partial charge in [0.1, 0.15) is 34.5 Å². The Morgan fingerprint density at radius 3 is 1.48 bits per heavy atom. The largest absolute Gasteiger partial charge is 0.390 e. The first kappa shape index (κ1) is 57.6. The smallest absolute Gasteiger partial charge is 0.184 e. The van der Waals surface area contributed by atoms with Crippen LogP contribution in [-0.2, 0) is 31.3 Å². The van der Waals surface area contributed by atoms with Gasteiger partial charge in [-0.05, 0) is 125 Å². The molecule has 0 atom stereocenters. The molecule has 0 fully saturated rings. The topological polar surface area (TPSA) is 81.7 Å². The molecule has 89 heavy (non-hydrogen) atoms. The summed E-state index contributed by atoms with van der Waals surface area (Å²) in [5.74, 6) is 1.62. The number of aromatic nitrogens is 6. The van der Waals surface area contributed by atoms with Gasteiger partial charge in [-0.25, -0.2) is 9.67 Å². The quantitative estimate of drug-likeness (QED) is 0.0684. The molecule has 2 aromatic heterocycles. The number of nitrogens with zero attached hydrogens (tertiary/aromatic N) is 6. The number of tetrazole rings is 1. The fraction of sp³-hybridized carbons (Fsp3) is 0.0864. The van der Waals surface area contributed by atoms with Gasteiger partial charge in [0.2, 0.25) is 0 Å². The van der Waals surface area contributed by atoms with Crippen molar-refractivity contribution >= 4 is 56.9 Å². The molecule has 12 aromatic carbocycles. The van der Waals surface area contributed by atoms with Crippen LogP contribution in [0.5, 0.6) is 0 Å². The zero-order chi connectivity index (χ0) is 60.2. The average molecular weight is 1170 g/mol. The Hall–Kier alpha value is -10.4. The van der Waals surface area contributed by atoms with E-state index >= 15 is 0 Å². The second kappa shape index (κ2) is 26.7. The van der Waals surface area contributed by atoms with Crippen molar-refractivity contribution < 1.29 is 5.11 Å². The summed E-state index contributed by atoms with van der Waals surface area (Å²) >= 11 is 0. The second-order valence-corrected chi connectivity index (χ2v) is 25.8. The van der Waals surface area contributed by atoms with E-state index in [1.807, 2.05) is 35.0 Å². The number of rotatable bonds is 18. The van der Waals surface area contributed by atoms with Gasteiger partial charge in [-0.3, -0.25) is 0 Å². The van der Waals surface area contributed by atoms with Crippen LogP contribution in [0.1, 0.15) is 63.9 Å². The second-order valence-electron chi connectivity index (χ2n) is 22.3. The molecular formula is C81H68N6OP+. The lowest BCUT2D eigenvalue weighted by molar-refractivity contribution is 0.270. The first-order valence-electron chi connectivity index (χ1n) is 30.6. The van der Waals surface area contributed by atoms with Gasteiger partial charge in [0, 0.05) is 18.5 Å². The molecule has 0 saturated heterocycles. The third kappa shape index (κ3) is 11.6. The Balaban J connectivity index is 0.000000203. The van der Waals surface area contributed by atoms with Crippen LogP contribution in [0.4, 0.5) is 0 Å². The molecule has 432 valence electrons. The van der Waals surface area contributed by atoms with Crippen LogP contribution in [0.15, 0.2) is 315 Å². The summed E-state index contributed by atoms with van der Waals surface area (Å²) in [4.78, 5) is 5.06. The summed E-state index contributed by atoms with van der Waals surface area (Å²) in [6.45, 7) is 2.65. The minimum Gasteiger partial charge on any atom is -0.390 e. The lowest BCUT2D eigenvalue weighted by Crippen LogP contribution is -2.39. The first-order valence-corrected chi connectivity index (χ1v) is 32.5. The molecule has 0 bridgehead atoms. The zero-order valence-electron chi connectivity index (χ0n) is 49.8. The van der Waals surface area contributed by atoms with Crippen molar-refractivity contribution in [1.29, 1.82) is 0 Å². The normalized spacial score (nSPS) is 11.7. The van der Waals surface area contributed by atoms with Crippen molar-refractivity contribution in [3.8, 4) is 22.5 Å². The number of fused-ring (bicyclic) bond motifs is 2. The molecule has 0 radical (unpaired) electrons. The molecule has 8 heteroatoms. The SMILES string of the molecule is CCCc1nc(/C=C\c2cccc3ccccc23)c(CO)n1Cc1ccc(-c2ccccc2-c2nnnn2C(c2ccccc2)(c2ccccc2)c2ccccc2)cc1.c1ccc([P+](Cc2cccc3ccccc23)(c2ccccc2)c2ccccc2)cc1. The number of aliphatic hydroxyl groups is 1. The highest BCUT2D eigenvalue weighted by molar-refractivity contribution is 7.95. The van der Waals surface area contributed by atoms with Gasteiger partial charge >= 0.3 is 0 Å². The van der Waals surface area contributed by atoms with Crippen LogP contribution in [0.2, 0.25) is 0 Å². The average Bonchev–Trinajstić information content (AvgIpc) is 1.75. The van der Waals surface area contributed by atoms with E-state index in [0.717, 1.165) is 80.7 Å². The molecule has 0 spiro atoms. The van der Waals surface area contributed by atoms with E-state index in [2.05, 4.69) is 314 Å². The summed E-state index contributed by atoms with van der Waals surface area (Å²) in [5.41, 5.74) is 10.5. The maximum absolute atomic E-state index is 10.7. The van der Waals surface area contributed by atoms with Crippen molar-refractivity contribution in [3.05, 3.63) is 366 Å². The standard InChI is InChI=1S/C52H44N6O.C29H24P/c1-2-17-50-53-48(35-34-40-20-16-19-39-18-12-13-27-45(39)40)49(37-59)57(50)36-38-30-32-41(33-31-38)46-28-14-15-29-47(46)51-54-55-56-58(51)52(42-21-6-3-7-22-42,43-23-8-4-9-24-43)44-25-10-5-11-26-44;1-4-16-26(17-5-1)30(27-18-6-2-7-19-27,28-20-8-3-9-21-28)23-25-15-12-14-24-13-10-11-22-29(24)25/h3-16,18-35,59H,2,17,36-37H2,1H3;1-22H,23H2/q;+1/b35-34-;. The monoisotopic (exact) mass is 1170 g/mol. The van der Waals surface area contributed by atoms with E-state index in [1.54, 1.807) is 0 Å². The van der Waals surface area contributed by atoms with Gasteiger partial charge < -0.3 is 9.67 Å². The predicted octanol–water partition coefficient (Wildman–Crippen LogP) is 17.2. The van der Waals surface area contributed by atoms with Gasteiger partial charge in [-0.15, -0.1) is 5.10 Å². The Kier molecular flexibility index (Phi) is 17.3. The molecule has 0 unspecified atom stereocenters. The Morgan fingerprint density at radius 1 is 0.461 bits per heavy atom. The molecule has 14 aromatic rings. The van der Waals surface area contributed by atoms with Crippen molar-refractivity contribution in [2.45, 2.75) is 44.6 Å². The fourth-order valence-corrected chi connectivity index (χ4v) is 17.1. The van der Waals surface area contributed by atoms with E-state index in [9.17, 15) is 5.11 Å². The number of aryl methyl sites for hydroxylation is 1. The molecule has 0 saturated carbocycles. The van der Waals surface area contributed by atoms with Gasteiger partial charge in [-0.1, -0.05) is 292 Å². The van der Waals surface area contributed by atoms with Crippen LogP contribution in [-0.4, -0.2) is 34.9 Å². The third-order valence-electron chi connectivity index (χ3n) is 17.1. The van der Waals surface area contributed by atoms with Gasteiger partial charge in [0.25, 0.3) is 0 Å². The molecule has 7 nitrogen and oxygen atoms in total. The summed E-state index contributed by atoms with van der Waals surface area (Å²) in [6, 6.07) is 112. The summed E-state index contributed by atoms with van der Waals surface area (Å²) in [5, 5.41) is 33.9. The minimum atomic E-state index is -1.88. The highest BCUT2D eigenvalue weighted by Crippen LogP contribution is 2.58. The highest BCUT2D eigenvalue weighted by Gasteiger charge is 2.46. The van der Waals surface area contributed by atoms with Crippen LogP contribution < -0.4 is 15.9 Å². The first-order chi connectivity index (χ1) is 44.1. The maximum atomic E-state index is 10.7. The molecule has 1 N–H and O–H groups in total. The summed E-state index contributed by atoms with van der Waals surface area (Å²) < 4.78 is 4.16. The Morgan fingerprint density at radius 2 is 0.933 bits per heavy atom. The van der Waals surface area contributed by atoms with Crippen molar-refractivity contribution in [3.63, 3.8) is 0 Å². The van der Waals surface area contributed by atoms with E-state index in [1.165, 1.54) is 43.0 Å². The molecule has 0 aliphatic rings. The van der Waals surface area contributed by atoms with Crippen molar-refractivity contribution in [2.75, 3.05) is 0 Å². The molecule has 0 amide bonds. The van der Waals surface area contributed by atoms with Crippen LogP contribution in [0, 0.1) is 0 Å². The van der Waals surface area contributed by atoms with Crippen molar-refractivity contribution in [2.24, 2.45) is 0 Å². The van der Waals surface area contributed by atoms with E-state index < -0.39 is 12.8 Å². The van der Waals surface area contributed by atoms with E-state index in [0.29, 0.717) is 12.4 Å². The molecule has 0 aliphatic heterocycles. The number of hydrogen-bond donors (Lipinski definition) is 1. The number of aliphatic hydroxyl groups excluding tert-OH is 1. The lowest BCUT2D eigenvalue weighted by atomic mass is 9.77. The Bertz CT molecular complexity index is 4440. The molecular weight excluding hydrogens is 1100 g/mol. The molecule has 2 heterocycles. The van der Waals surface area contributed by atoms with Gasteiger partial charge in [0.15, 0.2) is 5.82 Å². The predicted molar refractivity (Wildman–Crippen MR) is 370 cm³/mol. The summed E-state index contributed by atoms with van der Waals surface area (Å²) in [7, 11) is -1.88. The number of benzene rings is 12. The van der Waals surface area contributed by atoms with Gasteiger partial charge in [0.05, 0.1) is 24.2 Å². The molecule has 14 rings (SSSR count). The van der Waals surface area contributed by atoms with Crippen molar-refractivity contribution in [1.82, 2.24) is 29.8 Å². The fourth-order valence-electron chi connectivity index (χ4n) is 12.9. The van der Waals surface area contributed by atoms with E-state index in [-0.39, 0.29) is 6.61 Å². The third-order valence-corrected chi connectivity index (χ3v) is 21.4. The van der Waals surface area contributed by atoms with E-state index in [4.69, 9.17) is 15.3 Å². The number of hydrogen-bond acceptors (Lipinski definition) is 5. The minimum absolute atomic E-state index is 0.109. The number of imidazole rings is 1. The Labute approximate surface area is 522 Å². The van der Waals surface area contributed by atoms with Crippen LogP contribution >= 0.6 is 7.26 Å². The lowest BCUT2D eigenvalue weighted by Gasteiger charge is -2.36. The highest BCUT2D eigenvalue weighted by atomic mass is 31.2. The summed E-state index contributed by atoms with van der Waals surface area (Å²) in [6.07, 6.45) is 6.91. The van der Waals surface area contributed by atoms with Gasteiger partial charge in [-0.2, -0.15) is 0 Å².